The fraction of sp³-hybridized carbons (Fsp3) is 0.333. The first kappa shape index (κ1) is 19.6. The Morgan fingerprint density at radius 1 is 1.10 bits per heavy atom. The number of fused-ring (bicyclic) bond motifs is 1. The zero-order valence-corrected chi connectivity index (χ0v) is 18.2. The van der Waals surface area contributed by atoms with E-state index in [9.17, 15) is 4.79 Å². The van der Waals surface area contributed by atoms with Gasteiger partial charge in [-0.25, -0.2) is 5.01 Å². The molecule has 2 aliphatic rings. The SMILES string of the molecule is COc1ccc(C2=NN(C(=O)c3cc4c(cc3Br)OCO4)CC2(C)C)cc1OC. The molecule has 0 N–H and O–H groups in total. The van der Waals surface area contributed by atoms with E-state index in [0.29, 0.717) is 39.6 Å². The zero-order chi connectivity index (χ0) is 20.8. The van der Waals surface area contributed by atoms with E-state index in [2.05, 4.69) is 34.9 Å². The predicted molar refractivity (Wildman–Crippen MR) is 111 cm³/mol. The van der Waals surface area contributed by atoms with Crippen molar-refractivity contribution in [3.63, 3.8) is 0 Å². The number of rotatable bonds is 4. The molecule has 0 bridgehead atoms. The molecule has 2 aromatic carbocycles. The van der Waals surface area contributed by atoms with Gasteiger partial charge in [-0.3, -0.25) is 4.79 Å². The number of ether oxygens (including phenoxy) is 4. The molecule has 0 fully saturated rings. The molecule has 4 rings (SSSR count). The second kappa shape index (κ2) is 7.26. The minimum absolute atomic E-state index is 0.151. The number of hydrogen-bond donors (Lipinski definition) is 0. The lowest BCUT2D eigenvalue weighted by atomic mass is 9.84. The van der Waals surface area contributed by atoms with Gasteiger partial charge in [-0.1, -0.05) is 13.8 Å². The average molecular weight is 461 g/mol. The van der Waals surface area contributed by atoms with E-state index in [1.54, 1.807) is 26.4 Å². The van der Waals surface area contributed by atoms with Gasteiger partial charge in [0.05, 0.1) is 32.0 Å². The molecule has 0 aliphatic carbocycles. The van der Waals surface area contributed by atoms with Crippen molar-refractivity contribution in [2.45, 2.75) is 13.8 Å². The van der Waals surface area contributed by atoms with E-state index < -0.39 is 0 Å². The molecule has 0 aromatic heterocycles. The van der Waals surface area contributed by atoms with Crippen molar-refractivity contribution in [1.29, 1.82) is 0 Å². The second-order valence-electron chi connectivity index (χ2n) is 7.45. The molecule has 0 saturated heterocycles. The first-order valence-electron chi connectivity index (χ1n) is 9.06. The second-order valence-corrected chi connectivity index (χ2v) is 8.30. The van der Waals surface area contributed by atoms with Crippen LogP contribution in [0.15, 0.2) is 39.9 Å². The summed E-state index contributed by atoms with van der Waals surface area (Å²) >= 11 is 3.46. The Kier molecular flexibility index (Phi) is 4.90. The minimum atomic E-state index is -0.335. The molecule has 29 heavy (non-hydrogen) atoms. The van der Waals surface area contributed by atoms with Gasteiger partial charge < -0.3 is 18.9 Å². The Balaban J connectivity index is 1.69. The molecule has 0 saturated carbocycles. The third kappa shape index (κ3) is 3.42. The first-order chi connectivity index (χ1) is 13.8. The van der Waals surface area contributed by atoms with Gasteiger partial charge in [-0.2, -0.15) is 5.10 Å². The van der Waals surface area contributed by atoms with Gasteiger partial charge in [-0.15, -0.1) is 0 Å². The Hall–Kier alpha value is -2.74. The largest absolute Gasteiger partial charge is 0.493 e. The Labute approximate surface area is 177 Å². The summed E-state index contributed by atoms with van der Waals surface area (Å²) in [4.78, 5) is 13.2. The normalized spacial score (nSPS) is 16.6. The van der Waals surface area contributed by atoms with Crippen LogP contribution in [0.4, 0.5) is 0 Å². The standard InChI is InChI=1S/C21H21BrN2O5/c1-21(2)10-24(20(25)13-8-17-18(9-14(13)22)29-11-28-17)23-19(21)12-5-6-15(26-3)16(7-12)27-4/h5-9H,10-11H2,1-4H3. The van der Waals surface area contributed by atoms with E-state index >= 15 is 0 Å². The number of carbonyl (C=O) groups excluding carboxylic acids is 1. The fourth-order valence-corrected chi connectivity index (χ4v) is 4.00. The lowest BCUT2D eigenvalue weighted by molar-refractivity contribution is 0.0752. The lowest BCUT2D eigenvalue weighted by Crippen LogP contribution is -2.31. The molecule has 8 heteroatoms. The van der Waals surface area contributed by atoms with Crippen molar-refractivity contribution in [2.75, 3.05) is 27.6 Å². The Morgan fingerprint density at radius 3 is 2.48 bits per heavy atom. The van der Waals surface area contributed by atoms with Crippen molar-refractivity contribution >= 4 is 27.5 Å². The summed E-state index contributed by atoms with van der Waals surface area (Å²) in [6, 6.07) is 9.07. The van der Waals surface area contributed by atoms with Crippen LogP contribution in [0, 0.1) is 5.41 Å². The summed E-state index contributed by atoms with van der Waals surface area (Å²) in [6.07, 6.45) is 0. The molecule has 2 aliphatic heterocycles. The number of carbonyl (C=O) groups is 1. The van der Waals surface area contributed by atoms with Gasteiger partial charge in [0.15, 0.2) is 23.0 Å². The smallest absolute Gasteiger partial charge is 0.275 e. The molecule has 0 spiro atoms. The van der Waals surface area contributed by atoms with Crippen molar-refractivity contribution in [1.82, 2.24) is 5.01 Å². The number of amides is 1. The molecule has 2 heterocycles. The van der Waals surface area contributed by atoms with Crippen molar-refractivity contribution in [2.24, 2.45) is 10.5 Å². The van der Waals surface area contributed by atoms with E-state index in [4.69, 9.17) is 18.9 Å². The van der Waals surface area contributed by atoms with Gasteiger partial charge in [0.1, 0.15) is 0 Å². The topological polar surface area (TPSA) is 69.6 Å². The van der Waals surface area contributed by atoms with E-state index in [1.807, 2.05) is 18.2 Å². The van der Waals surface area contributed by atoms with E-state index in [-0.39, 0.29) is 18.1 Å². The Morgan fingerprint density at radius 2 is 1.79 bits per heavy atom. The maximum Gasteiger partial charge on any atom is 0.275 e. The van der Waals surface area contributed by atoms with Gasteiger partial charge >= 0.3 is 0 Å². The maximum atomic E-state index is 13.2. The minimum Gasteiger partial charge on any atom is -0.493 e. The molecule has 152 valence electrons. The van der Waals surface area contributed by atoms with E-state index in [1.165, 1.54) is 5.01 Å². The summed E-state index contributed by atoms with van der Waals surface area (Å²) in [5, 5.41) is 6.16. The monoisotopic (exact) mass is 460 g/mol. The zero-order valence-electron chi connectivity index (χ0n) is 16.6. The average Bonchev–Trinajstić information content (AvgIpc) is 3.29. The van der Waals surface area contributed by atoms with Crippen LogP contribution in [0.2, 0.25) is 0 Å². The summed E-state index contributed by atoms with van der Waals surface area (Å²) in [5.74, 6) is 2.22. The highest BCUT2D eigenvalue weighted by Gasteiger charge is 2.38. The Bertz CT molecular complexity index is 1020. The third-order valence-electron chi connectivity index (χ3n) is 4.99. The molecule has 2 aromatic rings. The van der Waals surface area contributed by atoms with Crippen molar-refractivity contribution in [3.05, 3.63) is 45.9 Å². The van der Waals surface area contributed by atoms with Crippen LogP contribution >= 0.6 is 15.9 Å². The molecular weight excluding hydrogens is 440 g/mol. The molecule has 0 radical (unpaired) electrons. The highest BCUT2D eigenvalue weighted by Crippen LogP contribution is 2.39. The maximum absolute atomic E-state index is 13.2. The highest BCUT2D eigenvalue weighted by molar-refractivity contribution is 9.10. The summed E-state index contributed by atoms with van der Waals surface area (Å²) in [6.45, 7) is 4.73. The number of halogens is 1. The number of hydrogen-bond acceptors (Lipinski definition) is 6. The van der Waals surface area contributed by atoms with Crippen molar-refractivity contribution < 1.29 is 23.7 Å². The number of hydrazone groups is 1. The fourth-order valence-electron chi connectivity index (χ4n) is 3.51. The quantitative estimate of drug-likeness (QED) is 0.687. The molecule has 1 amide bonds. The number of benzene rings is 2. The van der Waals surface area contributed by atoms with Crippen LogP contribution in [-0.4, -0.2) is 44.2 Å². The van der Waals surface area contributed by atoms with Gasteiger partial charge in [-0.05, 0) is 46.3 Å². The van der Waals surface area contributed by atoms with Crippen LogP contribution in [-0.2, 0) is 0 Å². The summed E-state index contributed by atoms with van der Waals surface area (Å²) in [5.41, 5.74) is 1.83. The van der Waals surface area contributed by atoms with Crippen molar-refractivity contribution in [3.8, 4) is 23.0 Å². The van der Waals surface area contributed by atoms with Crippen LogP contribution < -0.4 is 18.9 Å². The summed E-state index contributed by atoms with van der Waals surface area (Å²) in [7, 11) is 3.19. The van der Waals surface area contributed by atoms with Crippen LogP contribution in [0.25, 0.3) is 0 Å². The first-order valence-corrected chi connectivity index (χ1v) is 9.86. The summed E-state index contributed by atoms with van der Waals surface area (Å²) < 4.78 is 22.1. The van der Waals surface area contributed by atoms with Crippen LogP contribution in [0.5, 0.6) is 23.0 Å². The van der Waals surface area contributed by atoms with Crippen LogP contribution in [0.1, 0.15) is 29.8 Å². The lowest BCUT2D eigenvalue weighted by Gasteiger charge is -2.21. The predicted octanol–water partition coefficient (Wildman–Crippen LogP) is 4.08. The molecule has 7 nitrogen and oxygen atoms in total. The molecular formula is C21H21BrN2O5. The van der Waals surface area contributed by atoms with Gasteiger partial charge in [0, 0.05) is 15.5 Å². The molecule has 0 atom stereocenters. The van der Waals surface area contributed by atoms with E-state index in [0.717, 1.165) is 11.3 Å². The third-order valence-corrected chi connectivity index (χ3v) is 5.65. The van der Waals surface area contributed by atoms with Gasteiger partial charge in [0.25, 0.3) is 5.91 Å². The molecule has 0 unspecified atom stereocenters. The highest BCUT2D eigenvalue weighted by atomic mass is 79.9. The number of nitrogens with zero attached hydrogens (tertiary/aromatic N) is 2. The van der Waals surface area contributed by atoms with Gasteiger partial charge in [0.2, 0.25) is 6.79 Å². The number of methoxy groups -OCH3 is 2. The van der Waals surface area contributed by atoms with Crippen LogP contribution in [0.3, 0.4) is 0 Å².